The van der Waals surface area contributed by atoms with Gasteiger partial charge in [-0.05, 0) is 61.0 Å². The fourth-order valence-corrected chi connectivity index (χ4v) is 4.26. The van der Waals surface area contributed by atoms with Crippen molar-refractivity contribution in [2.45, 2.75) is 13.5 Å². The molecule has 1 heterocycles. The number of carbonyl (C=O) groups is 4. The molecule has 1 N–H and O–H groups in total. The molecule has 4 rings (SSSR count). The number of aromatic nitrogens is 1. The Morgan fingerprint density at radius 3 is 1.50 bits per heavy atom. The Labute approximate surface area is 254 Å². The molecule has 0 saturated heterocycles. The maximum Gasteiger partial charge on any atom is 0.343 e. The Balaban J connectivity index is 2.03. The number of hydrogen-bond donors (Lipinski definition) is 1. The van der Waals surface area contributed by atoms with Crippen LogP contribution in [-0.2, 0) is 6.61 Å². The molecule has 0 aliphatic carbocycles. The Morgan fingerprint density at radius 1 is 0.682 bits per heavy atom. The number of aliphatic hydroxyl groups excluding tert-OH is 1. The number of esters is 2. The number of carbonyl (C=O) groups excluding carboxylic acids is 4. The lowest BCUT2D eigenvalue weighted by Gasteiger charge is -2.18. The lowest BCUT2D eigenvalue weighted by atomic mass is 10.1. The van der Waals surface area contributed by atoms with Gasteiger partial charge >= 0.3 is 11.9 Å². The summed E-state index contributed by atoms with van der Waals surface area (Å²) in [6, 6.07) is 19.1. The van der Waals surface area contributed by atoms with Gasteiger partial charge in [0.2, 0.25) is 11.5 Å². The van der Waals surface area contributed by atoms with Crippen LogP contribution in [0.15, 0.2) is 72.8 Å². The highest BCUT2D eigenvalue weighted by atomic mass is 16.6. The number of rotatable bonds is 9. The Morgan fingerprint density at radius 2 is 1.11 bits per heavy atom. The molecule has 1 aromatic heterocycles. The van der Waals surface area contributed by atoms with Crippen LogP contribution >= 0.6 is 0 Å². The summed E-state index contributed by atoms with van der Waals surface area (Å²) >= 11 is 0. The maximum atomic E-state index is 13.8. The number of aliphatic hydroxyl groups is 1. The average molecular weight is 600 g/mol. The highest BCUT2D eigenvalue weighted by Gasteiger charge is 2.38. The molecule has 0 spiro atoms. The molecule has 2 amide bonds. The van der Waals surface area contributed by atoms with Gasteiger partial charge in [-0.1, -0.05) is 29.8 Å². The van der Waals surface area contributed by atoms with Crippen LogP contribution in [0.2, 0.25) is 0 Å². The van der Waals surface area contributed by atoms with Crippen molar-refractivity contribution >= 4 is 23.8 Å². The van der Waals surface area contributed by atoms with Gasteiger partial charge in [0.25, 0.3) is 11.8 Å². The molecule has 0 saturated carbocycles. The smallest absolute Gasteiger partial charge is 0.343 e. The topological polar surface area (TPSA) is 128 Å². The van der Waals surface area contributed by atoms with Gasteiger partial charge in [0.05, 0.1) is 24.8 Å². The molecule has 0 aliphatic rings. The molecule has 0 fully saturated rings. The number of aryl methyl sites for hydroxylation is 1. The van der Waals surface area contributed by atoms with Crippen LogP contribution in [0.5, 0.6) is 17.2 Å². The van der Waals surface area contributed by atoms with Crippen molar-refractivity contribution in [3.05, 3.63) is 106 Å². The van der Waals surface area contributed by atoms with E-state index in [-0.39, 0.29) is 29.1 Å². The fourth-order valence-electron chi connectivity index (χ4n) is 4.26. The Bertz CT molecular complexity index is 1690. The van der Waals surface area contributed by atoms with Crippen molar-refractivity contribution in [1.82, 2.24) is 14.4 Å². The van der Waals surface area contributed by atoms with E-state index in [4.69, 9.17) is 14.2 Å². The van der Waals surface area contributed by atoms with Gasteiger partial charge in [-0.15, -0.1) is 0 Å². The van der Waals surface area contributed by atoms with Crippen LogP contribution in [0.3, 0.4) is 0 Å². The third-order valence-corrected chi connectivity index (χ3v) is 6.68. The van der Waals surface area contributed by atoms with Gasteiger partial charge in [-0.2, -0.15) is 0 Å². The molecule has 0 radical (unpaired) electrons. The molecule has 3 aromatic carbocycles. The molecule has 0 bridgehead atoms. The van der Waals surface area contributed by atoms with E-state index in [1.54, 1.807) is 60.7 Å². The average Bonchev–Trinajstić information content (AvgIpc) is 3.33. The van der Waals surface area contributed by atoms with Crippen LogP contribution in [0.25, 0.3) is 5.69 Å². The minimum atomic E-state index is -0.884. The standard InChI is InChI=1S/C33H33N3O8/c1-20-7-11-22(12-8-20)32(40)43-28-26(30(38)34(2)3)36(24-15-17-25(42-6)18-16-24)27(31(39)35(4)5)29(28)44-33(41)23-13-9-21(19-37)10-14-23/h7-18,37H,19H2,1-6H3. The largest absolute Gasteiger partial charge is 0.497 e. The quantitative estimate of drug-likeness (QED) is 0.285. The summed E-state index contributed by atoms with van der Waals surface area (Å²) in [6.07, 6.45) is 0. The summed E-state index contributed by atoms with van der Waals surface area (Å²) in [6.45, 7) is 1.64. The third kappa shape index (κ3) is 6.47. The van der Waals surface area contributed by atoms with Crippen LogP contribution < -0.4 is 14.2 Å². The summed E-state index contributed by atoms with van der Waals surface area (Å²) in [4.78, 5) is 57.1. The van der Waals surface area contributed by atoms with Crippen LogP contribution in [0.4, 0.5) is 0 Å². The van der Waals surface area contributed by atoms with Gasteiger partial charge in [-0.25, -0.2) is 9.59 Å². The molecule has 4 aromatic rings. The SMILES string of the molecule is COc1ccc(-n2c(C(=O)N(C)C)c(OC(=O)c3ccc(C)cc3)c(OC(=O)c3ccc(CO)cc3)c2C(=O)N(C)C)cc1. The van der Waals surface area contributed by atoms with E-state index < -0.39 is 35.3 Å². The summed E-state index contributed by atoms with van der Waals surface area (Å²) < 4.78 is 18.3. The molecule has 0 atom stereocenters. The lowest BCUT2D eigenvalue weighted by molar-refractivity contribution is 0.0672. The summed E-state index contributed by atoms with van der Waals surface area (Å²) in [7, 11) is 7.50. The van der Waals surface area contributed by atoms with Crippen molar-refractivity contribution in [1.29, 1.82) is 0 Å². The van der Waals surface area contributed by atoms with Gasteiger partial charge < -0.3 is 29.1 Å². The van der Waals surface area contributed by atoms with Gasteiger partial charge in [0.15, 0.2) is 11.4 Å². The first-order valence-electron chi connectivity index (χ1n) is 13.5. The zero-order chi connectivity index (χ0) is 32.1. The summed E-state index contributed by atoms with van der Waals surface area (Å²) in [5.74, 6) is -3.29. The third-order valence-electron chi connectivity index (χ3n) is 6.68. The monoisotopic (exact) mass is 599 g/mol. The van der Waals surface area contributed by atoms with E-state index in [9.17, 15) is 24.3 Å². The molecule has 0 unspecified atom stereocenters. The highest BCUT2D eigenvalue weighted by Crippen LogP contribution is 2.42. The number of nitrogens with zero attached hydrogens (tertiary/aromatic N) is 3. The first-order chi connectivity index (χ1) is 21.0. The van der Waals surface area contributed by atoms with E-state index in [1.807, 2.05) is 6.92 Å². The minimum Gasteiger partial charge on any atom is -0.497 e. The molecule has 44 heavy (non-hydrogen) atoms. The number of benzene rings is 3. The zero-order valence-corrected chi connectivity index (χ0v) is 25.3. The molecule has 11 nitrogen and oxygen atoms in total. The van der Waals surface area contributed by atoms with Gasteiger partial charge in [-0.3, -0.25) is 14.2 Å². The lowest BCUT2D eigenvalue weighted by Crippen LogP contribution is -2.28. The number of ether oxygens (including phenoxy) is 3. The zero-order valence-electron chi connectivity index (χ0n) is 25.3. The molecular formula is C33H33N3O8. The second kappa shape index (κ2) is 13.3. The summed E-state index contributed by atoms with van der Waals surface area (Å²) in [5.41, 5.74) is 1.65. The second-order valence-electron chi connectivity index (χ2n) is 10.3. The molecule has 0 aliphatic heterocycles. The van der Waals surface area contributed by atoms with Crippen molar-refractivity contribution in [3.63, 3.8) is 0 Å². The molecule has 228 valence electrons. The van der Waals surface area contributed by atoms with Crippen LogP contribution in [0, 0.1) is 6.92 Å². The molecular weight excluding hydrogens is 566 g/mol. The van der Waals surface area contributed by atoms with Crippen molar-refractivity contribution in [3.8, 4) is 22.9 Å². The Kier molecular flexibility index (Phi) is 9.50. The molecule has 11 heteroatoms. The van der Waals surface area contributed by atoms with Gasteiger partial charge in [0.1, 0.15) is 5.75 Å². The second-order valence-corrected chi connectivity index (χ2v) is 10.3. The van der Waals surface area contributed by atoms with E-state index in [0.29, 0.717) is 17.0 Å². The fraction of sp³-hybridized carbons (Fsp3) is 0.212. The van der Waals surface area contributed by atoms with E-state index >= 15 is 0 Å². The van der Waals surface area contributed by atoms with E-state index in [1.165, 1.54) is 61.8 Å². The highest BCUT2D eigenvalue weighted by molar-refractivity contribution is 6.07. The first kappa shape index (κ1) is 31.5. The van der Waals surface area contributed by atoms with Crippen LogP contribution in [-0.4, -0.2) is 78.5 Å². The van der Waals surface area contributed by atoms with Crippen molar-refractivity contribution < 1.29 is 38.5 Å². The predicted octanol–water partition coefficient (Wildman–Crippen LogP) is 4.13. The van der Waals surface area contributed by atoms with E-state index in [0.717, 1.165) is 5.56 Å². The Hall–Kier alpha value is -5.42. The minimum absolute atomic E-state index is 0.0962. The number of amides is 2. The number of hydrogen-bond acceptors (Lipinski definition) is 8. The normalized spacial score (nSPS) is 10.6. The maximum absolute atomic E-state index is 13.8. The first-order valence-corrected chi connectivity index (χ1v) is 13.5. The van der Waals surface area contributed by atoms with Gasteiger partial charge in [0, 0.05) is 33.9 Å². The summed E-state index contributed by atoms with van der Waals surface area (Å²) in [5, 5.41) is 9.40. The van der Waals surface area contributed by atoms with Crippen LogP contribution in [0.1, 0.15) is 52.8 Å². The van der Waals surface area contributed by atoms with Crippen molar-refractivity contribution in [2.75, 3.05) is 35.3 Å². The van der Waals surface area contributed by atoms with E-state index in [2.05, 4.69) is 0 Å². The van der Waals surface area contributed by atoms with Crippen molar-refractivity contribution in [2.24, 2.45) is 0 Å². The predicted molar refractivity (Wildman–Crippen MR) is 162 cm³/mol. The number of methoxy groups -OCH3 is 1.